The Hall–Kier alpha value is -3.22. The Balaban J connectivity index is 1.43. The SMILES string of the molecule is C[C@@H](C1CC1)N(Cc1ccc(F)cc1)C(=O)CN1C(=O)NC(=O)[C@]12CCc1ccccc12. The molecule has 1 N–H and O–H groups in total. The van der Waals surface area contributed by atoms with Gasteiger partial charge in [-0.25, -0.2) is 9.18 Å². The van der Waals surface area contributed by atoms with E-state index in [1.54, 1.807) is 17.0 Å². The number of hydrogen-bond acceptors (Lipinski definition) is 3. The highest BCUT2D eigenvalue weighted by Gasteiger charge is 2.57. The van der Waals surface area contributed by atoms with Crippen LogP contribution < -0.4 is 5.32 Å². The van der Waals surface area contributed by atoms with Gasteiger partial charge in [-0.3, -0.25) is 19.8 Å². The van der Waals surface area contributed by atoms with Gasteiger partial charge in [0, 0.05) is 12.6 Å². The van der Waals surface area contributed by atoms with E-state index in [4.69, 9.17) is 0 Å². The highest BCUT2D eigenvalue weighted by atomic mass is 19.1. The minimum atomic E-state index is -1.13. The zero-order valence-corrected chi connectivity index (χ0v) is 18.0. The van der Waals surface area contributed by atoms with Crippen molar-refractivity contribution in [1.29, 1.82) is 0 Å². The third-order valence-electron chi connectivity index (χ3n) is 7.20. The van der Waals surface area contributed by atoms with Crippen molar-refractivity contribution in [3.05, 3.63) is 71.0 Å². The predicted molar refractivity (Wildman–Crippen MR) is 116 cm³/mol. The summed E-state index contributed by atoms with van der Waals surface area (Å²) in [6.07, 6.45) is 3.27. The third-order valence-corrected chi connectivity index (χ3v) is 7.20. The van der Waals surface area contributed by atoms with E-state index in [2.05, 4.69) is 5.32 Å². The summed E-state index contributed by atoms with van der Waals surface area (Å²) in [5.41, 5.74) is 1.53. The summed E-state index contributed by atoms with van der Waals surface area (Å²) in [6.45, 7) is 2.18. The van der Waals surface area contributed by atoms with E-state index in [0.29, 0.717) is 25.3 Å². The van der Waals surface area contributed by atoms with E-state index in [-0.39, 0.29) is 30.2 Å². The topological polar surface area (TPSA) is 69.7 Å². The molecule has 0 unspecified atom stereocenters. The van der Waals surface area contributed by atoms with Gasteiger partial charge in [0.1, 0.15) is 17.9 Å². The monoisotopic (exact) mass is 435 g/mol. The molecule has 0 bridgehead atoms. The molecule has 166 valence electrons. The number of hydrogen-bond donors (Lipinski definition) is 1. The molecular formula is C25H26FN3O3. The van der Waals surface area contributed by atoms with Crippen molar-refractivity contribution in [2.24, 2.45) is 5.92 Å². The summed E-state index contributed by atoms with van der Waals surface area (Å²) < 4.78 is 13.4. The van der Waals surface area contributed by atoms with Crippen molar-refractivity contribution < 1.29 is 18.8 Å². The summed E-state index contributed by atoms with van der Waals surface area (Å²) in [7, 11) is 0. The largest absolute Gasteiger partial charge is 0.334 e. The smallest absolute Gasteiger partial charge is 0.325 e. The second-order valence-corrected chi connectivity index (χ2v) is 9.09. The van der Waals surface area contributed by atoms with Gasteiger partial charge in [0.2, 0.25) is 5.91 Å². The molecular weight excluding hydrogens is 409 g/mol. The van der Waals surface area contributed by atoms with Gasteiger partial charge in [0.15, 0.2) is 0 Å². The van der Waals surface area contributed by atoms with Gasteiger partial charge < -0.3 is 4.90 Å². The van der Waals surface area contributed by atoms with Crippen LogP contribution in [0.4, 0.5) is 9.18 Å². The summed E-state index contributed by atoms with van der Waals surface area (Å²) in [4.78, 5) is 42.5. The number of nitrogens with one attached hydrogen (secondary N) is 1. The lowest BCUT2D eigenvalue weighted by Crippen LogP contribution is -2.51. The number of halogens is 1. The first-order valence-corrected chi connectivity index (χ1v) is 11.2. The van der Waals surface area contributed by atoms with Gasteiger partial charge in [0.05, 0.1) is 0 Å². The van der Waals surface area contributed by atoms with E-state index in [0.717, 1.165) is 29.5 Å². The molecule has 6 nitrogen and oxygen atoms in total. The Kier molecular flexibility index (Phi) is 4.99. The van der Waals surface area contributed by atoms with E-state index >= 15 is 0 Å². The zero-order chi connectivity index (χ0) is 22.5. The number of benzene rings is 2. The number of fused-ring (bicyclic) bond motifs is 2. The number of rotatable bonds is 6. The van der Waals surface area contributed by atoms with Crippen LogP contribution in [0.25, 0.3) is 0 Å². The Morgan fingerprint density at radius 2 is 1.91 bits per heavy atom. The molecule has 2 aromatic carbocycles. The lowest BCUT2D eigenvalue weighted by molar-refractivity contribution is -0.137. The van der Waals surface area contributed by atoms with Crippen LogP contribution in [-0.4, -0.2) is 40.2 Å². The summed E-state index contributed by atoms with van der Waals surface area (Å²) in [6, 6.07) is 13.2. The molecule has 2 fully saturated rings. The standard InChI is InChI=1S/C25H26FN3O3/c1-16(18-8-9-18)28(14-17-6-10-20(26)11-7-17)22(30)15-29-24(32)27-23(31)25(29)13-12-19-4-2-3-5-21(19)25/h2-7,10-11,16,18H,8-9,12-15H2,1H3,(H,27,31,32)/t16-,25+/m0/s1. The minimum absolute atomic E-state index is 0.000679. The fourth-order valence-electron chi connectivity index (χ4n) is 5.18. The predicted octanol–water partition coefficient (Wildman–Crippen LogP) is 3.35. The first-order chi connectivity index (χ1) is 15.4. The molecule has 4 amide bonds. The fraction of sp³-hybridized carbons (Fsp3) is 0.400. The van der Waals surface area contributed by atoms with Crippen molar-refractivity contribution in [2.45, 2.75) is 50.7 Å². The molecule has 2 atom stereocenters. The third kappa shape index (κ3) is 3.36. The molecule has 0 radical (unpaired) electrons. The lowest BCUT2D eigenvalue weighted by atomic mass is 9.90. The number of urea groups is 1. The molecule has 2 aliphatic carbocycles. The molecule has 0 aromatic heterocycles. The van der Waals surface area contributed by atoms with Gasteiger partial charge in [-0.1, -0.05) is 36.4 Å². The summed E-state index contributed by atoms with van der Waals surface area (Å²) in [5, 5.41) is 2.44. The molecule has 1 saturated carbocycles. The van der Waals surface area contributed by atoms with Crippen LogP contribution in [0.1, 0.15) is 42.9 Å². The fourth-order valence-corrected chi connectivity index (χ4v) is 5.18. The van der Waals surface area contributed by atoms with Crippen LogP contribution in [0.15, 0.2) is 48.5 Å². The minimum Gasteiger partial charge on any atom is -0.334 e. The normalized spacial score (nSPS) is 22.8. The number of carbonyl (C=O) groups excluding carboxylic acids is 3. The van der Waals surface area contributed by atoms with Crippen molar-refractivity contribution in [1.82, 2.24) is 15.1 Å². The highest BCUT2D eigenvalue weighted by molar-refractivity contribution is 6.09. The van der Waals surface area contributed by atoms with Gasteiger partial charge in [-0.05, 0) is 67.3 Å². The molecule has 7 heteroatoms. The van der Waals surface area contributed by atoms with Crippen LogP contribution in [0.5, 0.6) is 0 Å². The van der Waals surface area contributed by atoms with Crippen LogP contribution in [0.2, 0.25) is 0 Å². The molecule has 1 aliphatic heterocycles. The van der Waals surface area contributed by atoms with Crippen molar-refractivity contribution >= 4 is 17.8 Å². The van der Waals surface area contributed by atoms with Crippen molar-refractivity contribution in [3.63, 3.8) is 0 Å². The lowest BCUT2D eigenvalue weighted by Gasteiger charge is -2.36. The quantitative estimate of drug-likeness (QED) is 0.708. The molecule has 1 spiro atoms. The van der Waals surface area contributed by atoms with E-state index in [1.165, 1.54) is 17.0 Å². The van der Waals surface area contributed by atoms with Gasteiger partial charge in [0.25, 0.3) is 5.91 Å². The van der Waals surface area contributed by atoms with E-state index in [1.807, 2.05) is 31.2 Å². The van der Waals surface area contributed by atoms with Crippen LogP contribution in [0, 0.1) is 11.7 Å². The highest BCUT2D eigenvalue weighted by Crippen LogP contribution is 2.44. The van der Waals surface area contributed by atoms with Crippen molar-refractivity contribution in [3.8, 4) is 0 Å². The molecule has 32 heavy (non-hydrogen) atoms. The number of aryl methyl sites for hydroxylation is 1. The number of nitrogens with zero attached hydrogens (tertiary/aromatic N) is 2. The van der Waals surface area contributed by atoms with Crippen LogP contribution in [-0.2, 0) is 28.1 Å². The Morgan fingerprint density at radius 3 is 2.62 bits per heavy atom. The number of amides is 4. The summed E-state index contributed by atoms with van der Waals surface area (Å²) >= 11 is 0. The first kappa shape index (κ1) is 20.7. The molecule has 2 aromatic rings. The maximum Gasteiger partial charge on any atom is 0.325 e. The van der Waals surface area contributed by atoms with Crippen molar-refractivity contribution in [2.75, 3.05) is 6.54 Å². The Morgan fingerprint density at radius 1 is 1.19 bits per heavy atom. The summed E-state index contributed by atoms with van der Waals surface area (Å²) in [5.74, 6) is -0.464. The van der Waals surface area contributed by atoms with Gasteiger partial charge in [-0.2, -0.15) is 0 Å². The van der Waals surface area contributed by atoms with Gasteiger partial charge in [-0.15, -0.1) is 0 Å². The van der Waals surface area contributed by atoms with Crippen LogP contribution >= 0.6 is 0 Å². The maximum atomic E-state index is 13.6. The van der Waals surface area contributed by atoms with E-state index < -0.39 is 11.6 Å². The molecule has 3 aliphatic rings. The number of carbonyl (C=O) groups is 3. The zero-order valence-electron chi connectivity index (χ0n) is 18.0. The average molecular weight is 435 g/mol. The second-order valence-electron chi connectivity index (χ2n) is 9.09. The molecule has 1 heterocycles. The molecule has 5 rings (SSSR count). The Labute approximate surface area is 186 Å². The molecule has 1 saturated heterocycles. The Bertz CT molecular complexity index is 1080. The second kappa shape index (κ2) is 7.73. The average Bonchev–Trinajstić information content (AvgIpc) is 3.52. The van der Waals surface area contributed by atoms with Crippen LogP contribution in [0.3, 0.4) is 0 Å². The van der Waals surface area contributed by atoms with E-state index in [9.17, 15) is 18.8 Å². The number of imide groups is 1. The first-order valence-electron chi connectivity index (χ1n) is 11.2. The maximum absolute atomic E-state index is 13.6. The van der Waals surface area contributed by atoms with Gasteiger partial charge >= 0.3 is 6.03 Å².